The maximum atomic E-state index is 13.0. The minimum Gasteiger partial charge on any atom is -0.367 e. The molecule has 0 saturated carbocycles. The Hall–Kier alpha value is -1.95. The zero-order chi connectivity index (χ0) is 11.4. The molecule has 0 radical (unpaired) electrons. The quantitative estimate of drug-likeness (QED) is 0.729. The first-order valence-corrected chi connectivity index (χ1v) is 4.60. The van der Waals surface area contributed by atoms with E-state index in [9.17, 15) is 4.39 Å². The summed E-state index contributed by atoms with van der Waals surface area (Å²) in [4.78, 5) is 6.18. The van der Waals surface area contributed by atoms with Gasteiger partial charge in [-0.1, -0.05) is 17.0 Å². The van der Waals surface area contributed by atoms with Crippen molar-refractivity contribution >= 4 is 0 Å². The van der Waals surface area contributed by atoms with Gasteiger partial charge in [0.25, 0.3) is 0 Å². The third kappa shape index (κ3) is 2.34. The van der Waals surface area contributed by atoms with Gasteiger partial charge in [-0.3, -0.25) is 0 Å². The van der Waals surface area contributed by atoms with Crippen molar-refractivity contribution < 1.29 is 14.0 Å². The van der Waals surface area contributed by atoms with E-state index in [2.05, 4.69) is 10.3 Å². The molecule has 2 aromatic rings. The maximum Gasteiger partial charge on any atom is 0.216 e. The number of ether oxygens (including phenoxy) is 1. The summed E-state index contributed by atoms with van der Waals surface area (Å²) < 4.78 is 17.7. The fourth-order valence-electron chi connectivity index (χ4n) is 1.20. The maximum absolute atomic E-state index is 13.0. The van der Waals surface area contributed by atoms with Gasteiger partial charge in [0.2, 0.25) is 6.79 Å². The highest BCUT2D eigenvalue weighted by atomic mass is 19.1. The SMILES string of the molecule is COCOn1cc(-c2cccc(F)c2)nn1. The Bertz CT molecular complexity index is 473. The number of nitrogens with zero attached hydrogens (tertiary/aromatic N) is 3. The van der Waals surface area contributed by atoms with Crippen LogP contribution in [0.15, 0.2) is 30.5 Å². The molecule has 0 saturated heterocycles. The van der Waals surface area contributed by atoms with Crippen molar-refractivity contribution in [1.82, 2.24) is 15.2 Å². The standard InChI is InChI=1S/C10H10FN3O2/c1-15-7-16-14-6-10(12-13-14)8-3-2-4-9(11)5-8/h2-6H,7H2,1H3. The Morgan fingerprint density at radius 1 is 1.44 bits per heavy atom. The molecule has 2 rings (SSSR count). The van der Waals surface area contributed by atoms with E-state index in [0.717, 1.165) is 0 Å². The van der Waals surface area contributed by atoms with E-state index in [4.69, 9.17) is 9.57 Å². The number of aromatic nitrogens is 3. The van der Waals surface area contributed by atoms with Crippen LogP contribution >= 0.6 is 0 Å². The average molecular weight is 223 g/mol. The van der Waals surface area contributed by atoms with Crippen molar-refractivity contribution in [2.24, 2.45) is 0 Å². The predicted octanol–water partition coefficient (Wildman–Crippen LogP) is 1.12. The largest absolute Gasteiger partial charge is 0.367 e. The van der Waals surface area contributed by atoms with Crippen molar-refractivity contribution in [3.8, 4) is 11.3 Å². The summed E-state index contributed by atoms with van der Waals surface area (Å²) in [5, 5.41) is 7.55. The zero-order valence-corrected chi connectivity index (χ0v) is 8.63. The number of rotatable bonds is 4. The first kappa shape index (κ1) is 10.6. The minimum absolute atomic E-state index is 0.0753. The van der Waals surface area contributed by atoms with E-state index in [-0.39, 0.29) is 12.6 Å². The van der Waals surface area contributed by atoms with Crippen molar-refractivity contribution in [2.75, 3.05) is 13.9 Å². The van der Waals surface area contributed by atoms with Gasteiger partial charge in [-0.15, -0.1) is 5.10 Å². The van der Waals surface area contributed by atoms with Crippen LogP contribution in [0.1, 0.15) is 0 Å². The van der Waals surface area contributed by atoms with Crippen LogP contribution in [0.3, 0.4) is 0 Å². The topological polar surface area (TPSA) is 49.2 Å². The molecule has 16 heavy (non-hydrogen) atoms. The van der Waals surface area contributed by atoms with Gasteiger partial charge < -0.3 is 9.57 Å². The van der Waals surface area contributed by atoms with E-state index in [0.29, 0.717) is 11.3 Å². The molecule has 0 atom stereocenters. The van der Waals surface area contributed by atoms with Gasteiger partial charge in [-0.25, -0.2) is 4.39 Å². The summed E-state index contributed by atoms with van der Waals surface area (Å²) in [5.41, 5.74) is 1.18. The molecular formula is C10H10FN3O2. The normalized spacial score (nSPS) is 10.4. The fourth-order valence-corrected chi connectivity index (χ4v) is 1.20. The lowest BCUT2D eigenvalue weighted by Gasteiger charge is -2.00. The van der Waals surface area contributed by atoms with Crippen LogP contribution < -0.4 is 4.84 Å². The number of halogens is 1. The highest BCUT2D eigenvalue weighted by molar-refractivity contribution is 5.57. The van der Waals surface area contributed by atoms with Gasteiger partial charge in [0.1, 0.15) is 11.5 Å². The molecule has 0 N–H and O–H groups in total. The fraction of sp³-hybridized carbons (Fsp3) is 0.200. The van der Waals surface area contributed by atoms with Crippen LogP contribution in [0, 0.1) is 5.82 Å². The lowest BCUT2D eigenvalue weighted by atomic mass is 10.2. The number of hydrogen-bond acceptors (Lipinski definition) is 4. The van der Waals surface area contributed by atoms with Gasteiger partial charge in [-0.05, 0) is 17.3 Å². The molecule has 5 nitrogen and oxygen atoms in total. The number of methoxy groups -OCH3 is 1. The van der Waals surface area contributed by atoms with Crippen molar-refractivity contribution in [1.29, 1.82) is 0 Å². The van der Waals surface area contributed by atoms with E-state index >= 15 is 0 Å². The highest BCUT2D eigenvalue weighted by Crippen LogP contribution is 2.16. The van der Waals surface area contributed by atoms with E-state index in [1.54, 1.807) is 18.3 Å². The van der Waals surface area contributed by atoms with Crippen molar-refractivity contribution in [3.63, 3.8) is 0 Å². The molecular weight excluding hydrogens is 213 g/mol. The van der Waals surface area contributed by atoms with E-state index < -0.39 is 0 Å². The van der Waals surface area contributed by atoms with Crippen LogP contribution in [0.4, 0.5) is 4.39 Å². The molecule has 0 fully saturated rings. The van der Waals surface area contributed by atoms with Gasteiger partial charge in [0, 0.05) is 12.7 Å². The van der Waals surface area contributed by atoms with E-state index in [1.807, 2.05) is 0 Å². The summed E-state index contributed by atoms with van der Waals surface area (Å²) in [7, 11) is 1.50. The average Bonchev–Trinajstić information content (AvgIpc) is 2.75. The molecule has 1 heterocycles. The summed E-state index contributed by atoms with van der Waals surface area (Å²) in [6.07, 6.45) is 1.55. The van der Waals surface area contributed by atoms with Gasteiger partial charge in [0.15, 0.2) is 0 Å². The molecule has 6 heteroatoms. The molecule has 0 aliphatic carbocycles. The molecule has 84 valence electrons. The Kier molecular flexibility index (Phi) is 3.11. The third-order valence-electron chi connectivity index (χ3n) is 1.90. The molecule has 0 aliphatic rings. The smallest absolute Gasteiger partial charge is 0.216 e. The molecule has 0 aliphatic heterocycles. The second-order valence-corrected chi connectivity index (χ2v) is 3.05. The summed E-state index contributed by atoms with van der Waals surface area (Å²) in [6.45, 7) is 0.0753. The molecule has 1 aromatic heterocycles. The molecule has 1 aromatic carbocycles. The van der Waals surface area contributed by atoms with Crippen LogP contribution in [-0.2, 0) is 4.74 Å². The minimum atomic E-state index is -0.315. The van der Waals surface area contributed by atoms with Crippen LogP contribution in [-0.4, -0.2) is 29.1 Å². The first-order valence-electron chi connectivity index (χ1n) is 4.60. The molecule has 0 amide bonds. The summed E-state index contributed by atoms with van der Waals surface area (Å²) in [6, 6.07) is 6.10. The zero-order valence-electron chi connectivity index (χ0n) is 8.63. The highest BCUT2D eigenvalue weighted by Gasteiger charge is 2.04. The lowest BCUT2D eigenvalue weighted by Crippen LogP contribution is -2.14. The number of hydrogen-bond donors (Lipinski definition) is 0. The van der Waals surface area contributed by atoms with Crippen LogP contribution in [0.2, 0.25) is 0 Å². The van der Waals surface area contributed by atoms with Gasteiger partial charge in [0.05, 0.1) is 6.20 Å². The van der Waals surface area contributed by atoms with Crippen LogP contribution in [0.25, 0.3) is 11.3 Å². The van der Waals surface area contributed by atoms with Crippen molar-refractivity contribution in [3.05, 3.63) is 36.3 Å². The number of benzene rings is 1. The third-order valence-corrected chi connectivity index (χ3v) is 1.90. The Morgan fingerprint density at radius 2 is 2.31 bits per heavy atom. The predicted molar refractivity (Wildman–Crippen MR) is 53.9 cm³/mol. The molecule has 0 spiro atoms. The second-order valence-electron chi connectivity index (χ2n) is 3.05. The monoisotopic (exact) mass is 223 g/mol. The van der Waals surface area contributed by atoms with E-state index in [1.165, 1.54) is 24.1 Å². The Balaban J connectivity index is 2.18. The van der Waals surface area contributed by atoms with Gasteiger partial charge in [-0.2, -0.15) is 0 Å². The lowest BCUT2D eigenvalue weighted by molar-refractivity contribution is -0.0531. The molecule has 0 bridgehead atoms. The van der Waals surface area contributed by atoms with Crippen LogP contribution in [0.5, 0.6) is 0 Å². The first-order chi connectivity index (χ1) is 7.79. The summed E-state index contributed by atoms with van der Waals surface area (Å²) in [5.74, 6) is -0.315. The molecule has 0 unspecified atom stereocenters. The summed E-state index contributed by atoms with van der Waals surface area (Å²) >= 11 is 0. The van der Waals surface area contributed by atoms with Crippen molar-refractivity contribution in [2.45, 2.75) is 0 Å². The van der Waals surface area contributed by atoms with Gasteiger partial charge >= 0.3 is 0 Å². The second kappa shape index (κ2) is 4.71. The Morgan fingerprint density at radius 3 is 3.06 bits per heavy atom. The Labute approximate surface area is 91.4 Å².